The molecule has 1 amide bonds. The topological polar surface area (TPSA) is 119 Å². The molecule has 0 bridgehead atoms. The molecular formula is C22H25N5O4. The maximum absolute atomic E-state index is 12.9. The zero-order chi connectivity index (χ0) is 21.8. The Morgan fingerprint density at radius 2 is 2.10 bits per heavy atom. The molecule has 0 spiro atoms. The van der Waals surface area contributed by atoms with Crippen LogP contribution in [-0.2, 0) is 4.79 Å². The molecule has 0 radical (unpaired) electrons. The molecule has 9 nitrogen and oxygen atoms in total. The van der Waals surface area contributed by atoms with Gasteiger partial charge in [-0.25, -0.2) is 10.4 Å². The number of anilines is 1. The van der Waals surface area contributed by atoms with Crippen LogP contribution in [0.4, 0.5) is 5.82 Å². The van der Waals surface area contributed by atoms with Crippen molar-refractivity contribution in [1.29, 1.82) is 0 Å². The Bertz CT molecular complexity index is 1010. The van der Waals surface area contributed by atoms with E-state index in [2.05, 4.69) is 21.0 Å². The van der Waals surface area contributed by atoms with Crippen LogP contribution in [0.15, 0.2) is 66.5 Å². The molecule has 2 aromatic rings. The number of amides is 1. The number of aliphatic hydroxyl groups is 2. The molecule has 1 aromatic carbocycles. The minimum Gasteiger partial charge on any atom is -0.490 e. The highest BCUT2D eigenvalue weighted by Gasteiger charge is 2.34. The maximum atomic E-state index is 12.9. The summed E-state index contributed by atoms with van der Waals surface area (Å²) < 4.78 is 5.70. The summed E-state index contributed by atoms with van der Waals surface area (Å²) in [5.74, 6) is 0.784. The van der Waals surface area contributed by atoms with Crippen molar-refractivity contribution < 1.29 is 19.7 Å². The Balaban J connectivity index is 1.48. The van der Waals surface area contributed by atoms with Gasteiger partial charge in [0.15, 0.2) is 0 Å². The van der Waals surface area contributed by atoms with Crippen LogP contribution in [-0.4, -0.2) is 51.6 Å². The standard InChI is InChI=1S/C22H25N5O4/c1-14-5-4-8-20(24-14)25-22(30)18-11-23-21-10-9-17(26-27(18)21)16-6-2-3-7-19(16)31-13-15(29)12-28/h2-11,15,17,21,23,26,28-29H,12-13H2,1H3,(H,24,25,30)/t15-,17?,21?/m1/s1. The van der Waals surface area contributed by atoms with Gasteiger partial charge in [-0.05, 0) is 31.2 Å². The number of para-hydroxylation sites is 1. The van der Waals surface area contributed by atoms with E-state index in [1.54, 1.807) is 23.3 Å². The van der Waals surface area contributed by atoms with Gasteiger partial charge in [-0.1, -0.05) is 30.3 Å². The minimum absolute atomic E-state index is 0.0190. The van der Waals surface area contributed by atoms with Gasteiger partial charge in [-0.2, -0.15) is 0 Å². The number of aryl methyl sites for hydroxylation is 1. The van der Waals surface area contributed by atoms with Gasteiger partial charge in [0.25, 0.3) is 5.91 Å². The summed E-state index contributed by atoms with van der Waals surface area (Å²) in [5.41, 5.74) is 5.43. The summed E-state index contributed by atoms with van der Waals surface area (Å²) in [6, 6.07) is 12.6. The number of aromatic nitrogens is 1. The normalized spacial score (nSPS) is 20.5. The number of rotatable bonds is 7. The first-order chi connectivity index (χ1) is 15.0. The highest BCUT2D eigenvalue weighted by molar-refractivity contribution is 6.03. The molecule has 3 atom stereocenters. The molecule has 0 aliphatic carbocycles. The first-order valence-corrected chi connectivity index (χ1v) is 10.0. The van der Waals surface area contributed by atoms with E-state index >= 15 is 0 Å². The molecule has 1 aromatic heterocycles. The van der Waals surface area contributed by atoms with Gasteiger partial charge in [0.2, 0.25) is 0 Å². The van der Waals surface area contributed by atoms with E-state index in [9.17, 15) is 9.90 Å². The number of carbonyl (C=O) groups excluding carboxylic acids is 1. The van der Waals surface area contributed by atoms with Crippen LogP contribution in [0.1, 0.15) is 17.3 Å². The summed E-state index contributed by atoms with van der Waals surface area (Å²) >= 11 is 0. The van der Waals surface area contributed by atoms with Crippen molar-refractivity contribution >= 4 is 11.7 Å². The quantitative estimate of drug-likeness (QED) is 0.418. The minimum atomic E-state index is -0.955. The zero-order valence-corrected chi connectivity index (χ0v) is 17.0. The Morgan fingerprint density at radius 3 is 2.90 bits per heavy atom. The monoisotopic (exact) mass is 423 g/mol. The summed E-state index contributed by atoms with van der Waals surface area (Å²) in [5, 5.41) is 26.4. The van der Waals surface area contributed by atoms with Crippen molar-refractivity contribution in [2.75, 3.05) is 18.5 Å². The van der Waals surface area contributed by atoms with Gasteiger partial charge in [0.05, 0.1) is 12.6 Å². The second-order valence-corrected chi connectivity index (χ2v) is 7.31. The average Bonchev–Trinajstić information content (AvgIpc) is 3.21. The molecule has 31 heavy (non-hydrogen) atoms. The summed E-state index contributed by atoms with van der Waals surface area (Å²) in [4.78, 5) is 17.2. The lowest BCUT2D eigenvalue weighted by Gasteiger charge is -2.35. The predicted octanol–water partition coefficient (Wildman–Crippen LogP) is 0.949. The van der Waals surface area contributed by atoms with Crippen LogP contribution < -0.4 is 20.8 Å². The third-order valence-electron chi connectivity index (χ3n) is 4.95. The third kappa shape index (κ3) is 4.69. The van der Waals surface area contributed by atoms with Crippen LogP contribution >= 0.6 is 0 Å². The summed E-state index contributed by atoms with van der Waals surface area (Å²) in [6.07, 6.45) is 4.45. The first kappa shape index (κ1) is 20.9. The van der Waals surface area contributed by atoms with Crippen LogP contribution in [0, 0.1) is 6.92 Å². The Kier molecular flexibility index (Phi) is 6.17. The number of aliphatic hydroxyl groups excluding tert-OH is 2. The molecule has 4 rings (SSSR count). The van der Waals surface area contributed by atoms with E-state index in [0.717, 1.165) is 11.3 Å². The van der Waals surface area contributed by atoms with E-state index < -0.39 is 6.10 Å². The molecule has 162 valence electrons. The first-order valence-electron chi connectivity index (χ1n) is 10.0. The average molecular weight is 423 g/mol. The Hall–Kier alpha value is -3.40. The van der Waals surface area contributed by atoms with Crippen LogP contribution in [0.5, 0.6) is 5.75 Å². The number of fused-ring (bicyclic) bond motifs is 1. The molecule has 2 unspecified atom stereocenters. The number of pyridine rings is 1. The number of ether oxygens (including phenoxy) is 1. The van der Waals surface area contributed by atoms with Crippen LogP contribution in [0.2, 0.25) is 0 Å². The lowest BCUT2D eigenvalue weighted by atomic mass is 10.0. The van der Waals surface area contributed by atoms with Crippen molar-refractivity contribution in [1.82, 2.24) is 20.7 Å². The molecular weight excluding hydrogens is 398 g/mol. The number of hydrogen-bond donors (Lipinski definition) is 5. The fourth-order valence-electron chi connectivity index (χ4n) is 3.41. The number of hydrogen-bond acceptors (Lipinski definition) is 8. The highest BCUT2D eigenvalue weighted by atomic mass is 16.5. The largest absolute Gasteiger partial charge is 0.490 e. The van der Waals surface area contributed by atoms with E-state index in [4.69, 9.17) is 9.84 Å². The Labute approximate surface area is 180 Å². The summed E-state index contributed by atoms with van der Waals surface area (Å²) in [6.45, 7) is 1.47. The number of carbonyl (C=O) groups is 1. The van der Waals surface area contributed by atoms with Gasteiger partial charge >= 0.3 is 0 Å². The van der Waals surface area contributed by atoms with Crippen molar-refractivity contribution in [3.8, 4) is 5.75 Å². The molecule has 0 fully saturated rings. The van der Waals surface area contributed by atoms with E-state index in [0.29, 0.717) is 17.3 Å². The van der Waals surface area contributed by atoms with Gasteiger partial charge < -0.3 is 25.6 Å². The molecule has 9 heteroatoms. The third-order valence-corrected chi connectivity index (χ3v) is 4.95. The number of benzene rings is 1. The Morgan fingerprint density at radius 1 is 1.26 bits per heavy atom. The van der Waals surface area contributed by atoms with Gasteiger partial charge in [-0.3, -0.25) is 9.80 Å². The van der Waals surface area contributed by atoms with Gasteiger partial charge in [-0.15, -0.1) is 0 Å². The molecule has 3 heterocycles. The SMILES string of the molecule is Cc1cccc(NC(=O)C2=CNC3C=CC(c4ccccc4OC[C@H](O)CO)NN23)n1. The summed E-state index contributed by atoms with van der Waals surface area (Å²) in [7, 11) is 0. The van der Waals surface area contributed by atoms with Crippen LogP contribution in [0.3, 0.4) is 0 Å². The fourth-order valence-corrected chi connectivity index (χ4v) is 3.41. The second-order valence-electron chi connectivity index (χ2n) is 7.31. The van der Waals surface area contributed by atoms with E-state index in [1.807, 2.05) is 49.4 Å². The second kappa shape index (κ2) is 9.17. The smallest absolute Gasteiger partial charge is 0.276 e. The molecule has 0 saturated heterocycles. The van der Waals surface area contributed by atoms with E-state index in [-0.39, 0.29) is 31.3 Å². The van der Waals surface area contributed by atoms with Crippen molar-refractivity contribution in [2.45, 2.75) is 25.2 Å². The van der Waals surface area contributed by atoms with Crippen molar-refractivity contribution in [2.24, 2.45) is 0 Å². The molecule has 2 aliphatic rings. The molecule has 5 N–H and O–H groups in total. The lowest BCUT2D eigenvalue weighted by Crippen LogP contribution is -2.50. The predicted molar refractivity (Wildman–Crippen MR) is 114 cm³/mol. The highest BCUT2D eigenvalue weighted by Crippen LogP contribution is 2.31. The lowest BCUT2D eigenvalue weighted by molar-refractivity contribution is -0.114. The van der Waals surface area contributed by atoms with Gasteiger partial charge in [0.1, 0.15) is 36.1 Å². The molecule has 2 aliphatic heterocycles. The fraction of sp³-hybridized carbons (Fsp3) is 0.273. The van der Waals surface area contributed by atoms with E-state index in [1.165, 1.54) is 0 Å². The van der Waals surface area contributed by atoms with Crippen molar-refractivity contribution in [3.63, 3.8) is 0 Å². The van der Waals surface area contributed by atoms with Crippen LogP contribution in [0.25, 0.3) is 0 Å². The number of hydrazine groups is 1. The maximum Gasteiger partial charge on any atom is 0.276 e. The number of nitrogens with zero attached hydrogens (tertiary/aromatic N) is 2. The van der Waals surface area contributed by atoms with Gasteiger partial charge in [0, 0.05) is 17.5 Å². The zero-order valence-electron chi connectivity index (χ0n) is 17.0. The molecule has 0 saturated carbocycles. The number of nitrogens with one attached hydrogen (secondary N) is 3. The van der Waals surface area contributed by atoms with Crippen molar-refractivity contribution in [3.05, 3.63) is 77.8 Å².